The van der Waals surface area contributed by atoms with Crippen LogP contribution in [0.25, 0.3) is 0 Å². The number of nitrogens with zero attached hydrogens (tertiary/aromatic N) is 1. The van der Waals surface area contributed by atoms with E-state index >= 15 is 0 Å². The average Bonchev–Trinajstić information content (AvgIpc) is 2.76. The molecule has 2 aromatic rings. The van der Waals surface area contributed by atoms with E-state index in [0.29, 0.717) is 26.1 Å². The number of rotatable bonds is 8. The number of ether oxygens (including phenoxy) is 2. The van der Waals surface area contributed by atoms with Crippen LogP contribution in [0.3, 0.4) is 0 Å². The number of amides is 2. The Balaban J connectivity index is 1.40. The lowest BCUT2D eigenvalue weighted by molar-refractivity contribution is -0.134. The molecule has 166 valence electrons. The van der Waals surface area contributed by atoms with Gasteiger partial charge in [-0.15, -0.1) is 0 Å². The molecule has 1 aliphatic rings. The van der Waals surface area contributed by atoms with Crippen molar-refractivity contribution in [1.29, 1.82) is 0 Å². The summed E-state index contributed by atoms with van der Waals surface area (Å²) >= 11 is 0. The lowest BCUT2D eigenvalue weighted by atomic mass is 10.0. The predicted molar refractivity (Wildman–Crippen MR) is 120 cm³/mol. The number of hydrogen-bond acceptors (Lipinski definition) is 4. The lowest BCUT2D eigenvalue weighted by Gasteiger charge is -2.32. The van der Waals surface area contributed by atoms with Gasteiger partial charge in [0.15, 0.2) is 6.61 Å². The van der Waals surface area contributed by atoms with Gasteiger partial charge in [-0.1, -0.05) is 24.3 Å². The van der Waals surface area contributed by atoms with Crippen molar-refractivity contribution < 1.29 is 19.1 Å². The van der Waals surface area contributed by atoms with Gasteiger partial charge >= 0.3 is 0 Å². The summed E-state index contributed by atoms with van der Waals surface area (Å²) in [5.41, 5.74) is 3.16. The SMILES string of the molecule is CCOc1ccc(CC(=O)NC2CCN(C(=O)COc3cccc(C)c3C)CC2)cc1. The first kappa shape index (κ1) is 22.7. The van der Waals surface area contributed by atoms with Gasteiger partial charge in [-0.2, -0.15) is 0 Å². The topological polar surface area (TPSA) is 67.9 Å². The highest BCUT2D eigenvalue weighted by molar-refractivity contribution is 5.79. The van der Waals surface area contributed by atoms with Crippen molar-refractivity contribution >= 4 is 11.8 Å². The van der Waals surface area contributed by atoms with Gasteiger partial charge in [0.1, 0.15) is 11.5 Å². The van der Waals surface area contributed by atoms with Crippen molar-refractivity contribution in [2.45, 2.75) is 46.1 Å². The minimum absolute atomic E-state index is 0.00666. The fourth-order valence-corrected chi connectivity index (χ4v) is 3.72. The van der Waals surface area contributed by atoms with Crippen molar-refractivity contribution in [3.8, 4) is 11.5 Å². The predicted octanol–water partition coefficient (Wildman–Crippen LogP) is 3.43. The zero-order chi connectivity index (χ0) is 22.2. The fourth-order valence-electron chi connectivity index (χ4n) is 3.72. The molecule has 0 aliphatic carbocycles. The van der Waals surface area contributed by atoms with Gasteiger partial charge in [0, 0.05) is 19.1 Å². The van der Waals surface area contributed by atoms with Gasteiger partial charge < -0.3 is 19.7 Å². The summed E-state index contributed by atoms with van der Waals surface area (Å²) in [6.07, 6.45) is 1.85. The molecule has 1 fully saturated rings. The van der Waals surface area contributed by atoms with Crippen molar-refractivity contribution in [2.24, 2.45) is 0 Å². The van der Waals surface area contributed by atoms with E-state index in [2.05, 4.69) is 5.32 Å². The van der Waals surface area contributed by atoms with E-state index in [1.54, 1.807) is 0 Å². The first-order valence-electron chi connectivity index (χ1n) is 10.9. The summed E-state index contributed by atoms with van der Waals surface area (Å²) < 4.78 is 11.2. The van der Waals surface area contributed by atoms with Crippen LogP contribution in [-0.2, 0) is 16.0 Å². The maximum atomic E-state index is 12.5. The summed E-state index contributed by atoms with van der Waals surface area (Å²) in [6.45, 7) is 7.89. The first-order valence-corrected chi connectivity index (χ1v) is 10.9. The van der Waals surface area contributed by atoms with Crippen LogP contribution in [0.2, 0.25) is 0 Å². The number of hydrogen-bond donors (Lipinski definition) is 1. The van der Waals surface area contributed by atoms with Crippen LogP contribution >= 0.6 is 0 Å². The Kier molecular flexibility index (Phi) is 7.93. The van der Waals surface area contributed by atoms with E-state index in [0.717, 1.165) is 41.0 Å². The van der Waals surface area contributed by atoms with Crippen molar-refractivity contribution in [1.82, 2.24) is 10.2 Å². The van der Waals surface area contributed by atoms with Gasteiger partial charge in [0.05, 0.1) is 13.0 Å². The van der Waals surface area contributed by atoms with Crippen molar-refractivity contribution in [3.05, 3.63) is 59.2 Å². The second kappa shape index (κ2) is 10.8. The third kappa shape index (κ3) is 6.48. The molecule has 1 heterocycles. The van der Waals surface area contributed by atoms with Crippen molar-refractivity contribution in [3.63, 3.8) is 0 Å². The Bertz CT molecular complexity index is 887. The van der Waals surface area contributed by atoms with Gasteiger partial charge in [0.2, 0.25) is 5.91 Å². The van der Waals surface area contributed by atoms with Gasteiger partial charge in [0.25, 0.3) is 5.91 Å². The van der Waals surface area contributed by atoms with Crippen LogP contribution in [0.1, 0.15) is 36.5 Å². The summed E-state index contributed by atoms with van der Waals surface area (Å²) in [5.74, 6) is 1.56. The van der Waals surface area contributed by atoms with E-state index in [9.17, 15) is 9.59 Å². The Morgan fingerprint density at radius 2 is 1.74 bits per heavy atom. The highest BCUT2D eigenvalue weighted by Gasteiger charge is 2.24. The maximum Gasteiger partial charge on any atom is 0.260 e. The molecule has 2 aromatic carbocycles. The van der Waals surface area contributed by atoms with Gasteiger partial charge in [-0.05, 0) is 68.5 Å². The van der Waals surface area contributed by atoms with Crippen LogP contribution < -0.4 is 14.8 Å². The fraction of sp³-hybridized carbons (Fsp3) is 0.440. The summed E-state index contributed by atoms with van der Waals surface area (Å²) in [4.78, 5) is 26.7. The van der Waals surface area contributed by atoms with E-state index < -0.39 is 0 Å². The molecule has 0 saturated carbocycles. The van der Waals surface area contributed by atoms with Crippen LogP contribution in [-0.4, -0.2) is 49.1 Å². The van der Waals surface area contributed by atoms with E-state index in [1.807, 2.05) is 68.1 Å². The van der Waals surface area contributed by atoms with Crippen LogP contribution in [0.5, 0.6) is 11.5 Å². The molecule has 6 nitrogen and oxygen atoms in total. The Morgan fingerprint density at radius 3 is 2.42 bits per heavy atom. The molecule has 0 bridgehead atoms. The highest BCUT2D eigenvalue weighted by atomic mass is 16.5. The maximum absolute atomic E-state index is 12.5. The highest BCUT2D eigenvalue weighted by Crippen LogP contribution is 2.21. The number of aryl methyl sites for hydroxylation is 1. The normalized spacial score (nSPS) is 14.2. The van der Waals surface area contributed by atoms with E-state index in [4.69, 9.17) is 9.47 Å². The second-order valence-electron chi connectivity index (χ2n) is 7.96. The molecule has 2 amide bonds. The Morgan fingerprint density at radius 1 is 1.03 bits per heavy atom. The molecule has 31 heavy (non-hydrogen) atoms. The summed E-state index contributed by atoms with van der Waals surface area (Å²) in [5, 5.41) is 3.10. The zero-order valence-corrected chi connectivity index (χ0v) is 18.6. The lowest BCUT2D eigenvalue weighted by Crippen LogP contribution is -2.48. The molecule has 1 aliphatic heterocycles. The quantitative estimate of drug-likeness (QED) is 0.705. The number of nitrogens with one attached hydrogen (secondary N) is 1. The first-order chi connectivity index (χ1) is 15.0. The summed E-state index contributed by atoms with van der Waals surface area (Å²) in [7, 11) is 0. The number of carbonyl (C=O) groups excluding carboxylic acids is 2. The minimum atomic E-state index is -0.0138. The molecule has 3 rings (SSSR count). The molecular formula is C25H32N2O4. The van der Waals surface area contributed by atoms with Gasteiger partial charge in [-0.25, -0.2) is 0 Å². The average molecular weight is 425 g/mol. The molecular weight excluding hydrogens is 392 g/mol. The number of carbonyl (C=O) groups is 2. The molecule has 0 atom stereocenters. The van der Waals surface area contributed by atoms with E-state index in [1.165, 1.54) is 0 Å². The second-order valence-corrected chi connectivity index (χ2v) is 7.96. The third-order valence-electron chi connectivity index (χ3n) is 5.72. The number of benzene rings is 2. The van der Waals surface area contributed by atoms with E-state index in [-0.39, 0.29) is 24.5 Å². The molecule has 0 aromatic heterocycles. The monoisotopic (exact) mass is 424 g/mol. The third-order valence-corrected chi connectivity index (χ3v) is 5.72. The van der Waals surface area contributed by atoms with Crippen LogP contribution in [0.4, 0.5) is 0 Å². The molecule has 1 saturated heterocycles. The summed E-state index contributed by atoms with van der Waals surface area (Å²) in [6, 6.07) is 13.6. The minimum Gasteiger partial charge on any atom is -0.494 e. The van der Waals surface area contributed by atoms with Gasteiger partial charge in [-0.3, -0.25) is 9.59 Å². The molecule has 0 radical (unpaired) electrons. The Labute approximate surface area is 184 Å². The molecule has 0 unspecified atom stereocenters. The molecule has 6 heteroatoms. The Hall–Kier alpha value is -3.02. The largest absolute Gasteiger partial charge is 0.494 e. The number of likely N-dealkylation sites (tertiary alicyclic amines) is 1. The molecule has 1 N–H and O–H groups in total. The smallest absolute Gasteiger partial charge is 0.260 e. The van der Waals surface area contributed by atoms with Crippen molar-refractivity contribution in [2.75, 3.05) is 26.3 Å². The standard InChI is InChI=1S/C25H32N2O4/c1-4-30-22-10-8-20(9-11-22)16-24(28)26-21-12-14-27(15-13-21)25(29)17-31-23-7-5-6-18(2)19(23)3/h5-11,21H,4,12-17H2,1-3H3,(H,26,28). The molecule has 0 spiro atoms. The van der Waals surface area contributed by atoms with Crippen LogP contribution in [0, 0.1) is 13.8 Å². The zero-order valence-electron chi connectivity index (χ0n) is 18.6. The van der Waals surface area contributed by atoms with Crippen LogP contribution in [0.15, 0.2) is 42.5 Å². The number of piperidine rings is 1.